The SMILES string of the molecule is COc1ccc2c(C(C)C)c(NC=O)cnc2n1. The van der Waals surface area contributed by atoms with Crippen LogP contribution in [-0.2, 0) is 4.79 Å². The Balaban J connectivity index is 2.69. The molecular formula is C13H15N3O2. The third-order valence-electron chi connectivity index (χ3n) is 2.75. The molecule has 0 fully saturated rings. The second-order valence-corrected chi connectivity index (χ2v) is 4.23. The number of hydrogen-bond acceptors (Lipinski definition) is 4. The van der Waals surface area contributed by atoms with Crippen molar-refractivity contribution in [1.29, 1.82) is 0 Å². The van der Waals surface area contributed by atoms with Crippen LogP contribution >= 0.6 is 0 Å². The van der Waals surface area contributed by atoms with Crippen molar-refractivity contribution >= 4 is 23.1 Å². The minimum Gasteiger partial charge on any atom is -0.481 e. The van der Waals surface area contributed by atoms with Crippen LogP contribution in [0.4, 0.5) is 5.69 Å². The maximum Gasteiger partial charge on any atom is 0.215 e. The summed E-state index contributed by atoms with van der Waals surface area (Å²) in [4.78, 5) is 19.1. The van der Waals surface area contributed by atoms with E-state index in [0.29, 0.717) is 17.9 Å². The highest BCUT2D eigenvalue weighted by atomic mass is 16.5. The zero-order valence-corrected chi connectivity index (χ0v) is 10.6. The molecule has 0 aromatic carbocycles. The van der Waals surface area contributed by atoms with Crippen molar-refractivity contribution in [3.8, 4) is 5.88 Å². The highest BCUT2D eigenvalue weighted by Crippen LogP contribution is 2.30. The fourth-order valence-electron chi connectivity index (χ4n) is 1.99. The number of amides is 1. The number of anilines is 1. The summed E-state index contributed by atoms with van der Waals surface area (Å²) in [6.07, 6.45) is 2.28. The first-order valence-electron chi connectivity index (χ1n) is 5.71. The average Bonchev–Trinajstić information content (AvgIpc) is 2.37. The molecule has 0 aliphatic rings. The lowest BCUT2D eigenvalue weighted by Gasteiger charge is -2.14. The predicted molar refractivity (Wildman–Crippen MR) is 69.9 cm³/mol. The van der Waals surface area contributed by atoms with Gasteiger partial charge in [0.25, 0.3) is 0 Å². The van der Waals surface area contributed by atoms with Gasteiger partial charge in [0.1, 0.15) is 0 Å². The Morgan fingerprint density at radius 3 is 2.78 bits per heavy atom. The number of carbonyl (C=O) groups is 1. The molecular weight excluding hydrogens is 230 g/mol. The Labute approximate surface area is 105 Å². The monoisotopic (exact) mass is 245 g/mol. The van der Waals surface area contributed by atoms with Gasteiger partial charge in [-0.15, -0.1) is 0 Å². The highest BCUT2D eigenvalue weighted by molar-refractivity contribution is 5.88. The van der Waals surface area contributed by atoms with Crippen LogP contribution < -0.4 is 10.1 Å². The number of hydrogen-bond donors (Lipinski definition) is 1. The average molecular weight is 245 g/mol. The van der Waals surface area contributed by atoms with Gasteiger partial charge in [0.15, 0.2) is 5.65 Å². The number of aromatic nitrogens is 2. The lowest BCUT2D eigenvalue weighted by Crippen LogP contribution is -2.03. The number of pyridine rings is 2. The number of methoxy groups -OCH3 is 1. The van der Waals surface area contributed by atoms with Crippen LogP contribution in [0.1, 0.15) is 25.3 Å². The van der Waals surface area contributed by atoms with Crippen molar-refractivity contribution in [3.05, 3.63) is 23.9 Å². The molecule has 18 heavy (non-hydrogen) atoms. The highest BCUT2D eigenvalue weighted by Gasteiger charge is 2.13. The van der Waals surface area contributed by atoms with Crippen molar-refractivity contribution < 1.29 is 9.53 Å². The smallest absolute Gasteiger partial charge is 0.215 e. The molecule has 0 saturated carbocycles. The first kappa shape index (κ1) is 12.3. The van der Waals surface area contributed by atoms with Gasteiger partial charge in [-0.2, -0.15) is 4.98 Å². The van der Waals surface area contributed by atoms with Crippen LogP contribution in [0.3, 0.4) is 0 Å². The standard InChI is InChI=1S/C13H15N3O2/c1-8(2)12-9-4-5-11(18-3)16-13(9)14-6-10(12)15-7-17/h4-8H,1-3H3,(H,15,17). The van der Waals surface area contributed by atoms with Crippen molar-refractivity contribution in [2.24, 2.45) is 0 Å². The van der Waals surface area contributed by atoms with Gasteiger partial charge in [0, 0.05) is 11.5 Å². The lowest BCUT2D eigenvalue weighted by atomic mass is 9.98. The first-order chi connectivity index (χ1) is 8.67. The van der Waals surface area contributed by atoms with Crippen molar-refractivity contribution in [2.75, 3.05) is 12.4 Å². The van der Waals surface area contributed by atoms with E-state index in [9.17, 15) is 4.79 Å². The van der Waals surface area contributed by atoms with Gasteiger partial charge in [0.2, 0.25) is 12.3 Å². The van der Waals surface area contributed by atoms with Gasteiger partial charge in [0.05, 0.1) is 19.0 Å². The zero-order valence-electron chi connectivity index (χ0n) is 10.6. The number of carbonyl (C=O) groups excluding carboxylic acids is 1. The van der Waals surface area contributed by atoms with Gasteiger partial charge in [-0.25, -0.2) is 4.98 Å². The minimum atomic E-state index is 0.258. The van der Waals surface area contributed by atoms with Crippen LogP contribution in [0.5, 0.6) is 5.88 Å². The molecule has 5 nitrogen and oxygen atoms in total. The third kappa shape index (κ3) is 2.11. The zero-order chi connectivity index (χ0) is 13.1. The number of rotatable bonds is 4. The summed E-state index contributed by atoms with van der Waals surface area (Å²) in [5, 5.41) is 3.60. The molecule has 94 valence electrons. The van der Waals surface area contributed by atoms with Crippen molar-refractivity contribution in [1.82, 2.24) is 9.97 Å². The van der Waals surface area contributed by atoms with E-state index in [-0.39, 0.29) is 5.92 Å². The molecule has 0 bridgehead atoms. The molecule has 2 aromatic rings. The molecule has 0 atom stereocenters. The fourth-order valence-corrected chi connectivity index (χ4v) is 1.99. The molecule has 1 N–H and O–H groups in total. The second kappa shape index (κ2) is 5.00. The summed E-state index contributed by atoms with van der Waals surface area (Å²) < 4.78 is 5.08. The van der Waals surface area contributed by atoms with Crippen LogP contribution in [0, 0.1) is 0 Å². The Morgan fingerprint density at radius 1 is 1.39 bits per heavy atom. The van der Waals surface area contributed by atoms with E-state index in [2.05, 4.69) is 29.1 Å². The molecule has 0 spiro atoms. The quantitative estimate of drug-likeness (QED) is 0.840. The first-order valence-corrected chi connectivity index (χ1v) is 5.71. The molecule has 5 heteroatoms. The van der Waals surface area contributed by atoms with Gasteiger partial charge < -0.3 is 10.1 Å². The van der Waals surface area contributed by atoms with Crippen LogP contribution in [-0.4, -0.2) is 23.5 Å². The summed E-state index contributed by atoms with van der Waals surface area (Å²) in [5.41, 5.74) is 2.37. The predicted octanol–water partition coefficient (Wildman–Crippen LogP) is 2.33. The van der Waals surface area contributed by atoms with Crippen molar-refractivity contribution in [2.45, 2.75) is 19.8 Å². The van der Waals surface area contributed by atoms with E-state index >= 15 is 0 Å². The second-order valence-electron chi connectivity index (χ2n) is 4.23. The Kier molecular flexibility index (Phi) is 3.41. The van der Waals surface area contributed by atoms with E-state index in [0.717, 1.165) is 16.6 Å². The van der Waals surface area contributed by atoms with Crippen LogP contribution in [0.25, 0.3) is 11.0 Å². The van der Waals surface area contributed by atoms with Crippen LogP contribution in [0.15, 0.2) is 18.3 Å². The van der Waals surface area contributed by atoms with E-state index < -0.39 is 0 Å². The molecule has 0 saturated heterocycles. The third-order valence-corrected chi connectivity index (χ3v) is 2.75. The van der Waals surface area contributed by atoms with E-state index in [1.807, 2.05) is 6.07 Å². The summed E-state index contributed by atoms with van der Waals surface area (Å²) in [7, 11) is 1.57. The normalized spacial score (nSPS) is 10.7. The molecule has 0 aliphatic carbocycles. The largest absolute Gasteiger partial charge is 0.481 e. The van der Waals surface area contributed by atoms with Gasteiger partial charge in [-0.3, -0.25) is 4.79 Å². The summed E-state index contributed by atoms with van der Waals surface area (Å²) in [6, 6.07) is 3.71. The number of ether oxygens (including phenoxy) is 1. The Hall–Kier alpha value is -2.17. The lowest BCUT2D eigenvalue weighted by molar-refractivity contribution is -0.105. The summed E-state index contributed by atoms with van der Waals surface area (Å²) in [6.45, 7) is 4.13. The molecule has 0 aliphatic heterocycles. The van der Waals surface area contributed by atoms with Gasteiger partial charge >= 0.3 is 0 Å². The van der Waals surface area contributed by atoms with Crippen molar-refractivity contribution in [3.63, 3.8) is 0 Å². The fraction of sp³-hybridized carbons (Fsp3) is 0.308. The van der Waals surface area contributed by atoms with Gasteiger partial charge in [-0.05, 0) is 17.5 Å². The summed E-state index contributed by atoms with van der Waals surface area (Å²) >= 11 is 0. The molecule has 2 heterocycles. The van der Waals surface area contributed by atoms with E-state index in [1.165, 1.54) is 0 Å². The Bertz CT molecular complexity index is 582. The van der Waals surface area contributed by atoms with Crippen LogP contribution in [0.2, 0.25) is 0 Å². The maximum atomic E-state index is 10.6. The minimum absolute atomic E-state index is 0.258. The maximum absolute atomic E-state index is 10.6. The number of nitrogens with zero attached hydrogens (tertiary/aromatic N) is 2. The molecule has 0 radical (unpaired) electrons. The molecule has 1 amide bonds. The Morgan fingerprint density at radius 2 is 2.17 bits per heavy atom. The van der Waals surface area contributed by atoms with E-state index in [4.69, 9.17) is 4.74 Å². The number of nitrogens with one attached hydrogen (secondary N) is 1. The topological polar surface area (TPSA) is 64.1 Å². The molecule has 2 aromatic heterocycles. The van der Waals surface area contributed by atoms with E-state index in [1.54, 1.807) is 19.4 Å². The summed E-state index contributed by atoms with van der Waals surface area (Å²) in [5.74, 6) is 0.786. The molecule has 0 unspecified atom stereocenters. The molecule has 2 rings (SSSR count). The van der Waals surface area contributed by atoms with Gasteiger partial charge in [-0.1, -0.05) is 13.8 Å². The number of fused-ring (bicyclic) bond motifs is 1.